The lowest BCUT2D eigenvalue weighted by Crippen LogP contribution is -2.25. The normalized spacial score (nSPS) is 18.1. The zero-order chi connectivity index (χ0) is 19.1. The molecule has 6 nitrogen and oxygen atoms in total. The zero-order valence-corrected chi connectivity index (χ0v) is 16.4. The Morgan fingerprint density at radius 2 is 2.11 bits per heavy atom. The second kappa shape index (κ2) is 9.01. The Bertz CT molecular complexity index is 784. The molecule has 1 aromatic rings. The molecule has 1 aromatic carbocycles. The summed E-state index contributed by atoms with van der Waals surface area (Å²) in [5.74, 6) is 0.513. The number of aliphatic imine (C=N–C) groups is 2. The van der Waals surface area contributed by atoms with E-state index in [1.165, 1.54) is 11.9 Å². The molecule has 0 radical (unpaired) electrons. The van der Waals surface area contributed by atoms with Gasteiger partial charge < -0.3 is 9.75 Å². The van der Waals surface area contributed by atoms with Crippen molar-refractivity contribution in [3.63, 3.8) is 0 Å². The molecule has 7 heteroatoms. The molecule has 0 atom stereocenters. The van der Waals surface area contributed by atoms with Crippen LogP contribution in [0.25, 0.3) is 0 Å². The molecule has 0 saturated carbocycles. The Labute approximate surface area is 164 Å². The summed E-state index contributed by atoms with van der Waals surface area (Å²) in [6.45, 7) is 5.20. The number of carbonyl (C=O) groups excluding carboxylic acids is 1. The van der Waals surface area contributed by atoms with Crippen LogP contribution in [0.3, 0.4) is 0 Å². The van der Waals surface area contributed by atoms with Gasteiger partial charge in [0.2, 0.25) is 0 Å². The first kappa shape index (κ1) is 19.4. The number of rotatable bonds is 7. The Morgan fingerprint density at radius 3 is 2.93 bits per heavy atom. The lowest BCUT2D eigenvalue weighted by Gasteiger charge is -2.13. The fraction of sp³-hybridized carbons (Fsp3) is 0.350. The second-order valence-electron chi connectivity index (χ2n) is 6.98. The highest BCUT2D eigenvalue weighted by Crippen LogP contribution is 2.25. The quantitative estimate of drug-likeness (QED) is 0.571. The van der Waals surface area contributed by atoms with Crippen molar-refractivity contribution in [2.45, 2.75) is 33.3 Å². The summed E-state index contributed by atoms with van der Waals surface area (Å²) in [5, 5.41) is 1.95. The smallest absolute Gasteiger partial charge is 0.306 e. The molecular formula is C20H24N4O2S. The van der Waals surface area contributed by atoms with Crippen LogP contribution >= 0.6 is 11.9 Å². The van der Waals surface area contributed by atoms with Crippen LogP contribution in [0.1, 0.15) is 32.3 Å². The van der Waals surface area contributed by atoms with Crippen molar-refractivity contribution in [3.05, 3.63) is 59.3 Å². The van der Waals surface area contributed by atoms with Crippen molar-refractivity contribution in [2.75, 3.05) is 6.54 Å². The van der Waals surface area contributed by atoms with Gasteiger partial charge in [0, 0.05) is 37.0 Å². The minimum Gasteiger partial charge on any atom is -0.461 e. The van der Waals surface area contributed by atoms with E-state index in [0.29, 0.717) is 31.8 Å². The van der Waals surface area contributed by atoms with Crippen molar-refractivity contribution < 1.29 is 9.53 Å². The van der Waals surface area contributed by atoms with Crippen molar-refractivity contribution in [2.24, 2.45) is 15.4 Å². The number of amidine groups is 1. The minimum atomic E-state index is -0.181. The molecular weight excluding hydrogens is 360 g/mol. The van der Waals surface area contributed by atoms with E-state index < -0.39 is 0 Å². The zero-order valence-electron chi connectivity index (χ0n) is 15.6. The molecule has 3 rings (SSSR count). The Hall–Kier alpha value is -2.38. The summed E-state index contributed by atoms with van der Waals surface area (Å²) in [6.07, 6.45) is 8.79. The van der Waals surface area contributed by atoms with Gasteiger partial charge in [0.15, 0.2) is 5.84 Å². The number of hydrazine groups is 1. The third kappa shape index (κ3) is 6.08. The van der Waals surface area contributed by atoms with E-state index in [1.807, 2.05) is 53.8 Å². The molecule has 0 bridgehead atoms. The SMILES string of the molecule is CC1(C)C=CN=C(C2=CN(CCCC(=O)OCc3ccccc3)NS2)N=C1. The number of nitrogens with zero attached hydrogens (tertiary/aromatic N) is 3. The summed E-state index contributed by atoms with van der Waals surface area (Å²) in [5.41, 5.74) is 0.903. The van der Waals surface area contributed by atoms with Gasteiger partial charge in [0.25, 0.3) is 0 Å². The summed E-state index contributed by atoms with van der Waals surface area (Å²) in [7, 11) is 0. The molecule has 2 aliphatic heterocycles. The lowest BCUT2D eigenvalue weighted by atomic mass is 9.96. The summed E-state index contributed by atoms with van der Waals surface area (Å²) in [4.78, 5) is 24.9. The number of nitrogens with one attached hydrogen (secondary N) is 1. The molecule has 0 unspecified atom stereocenters. The van der Waals surface area contributed by atoms with Crippen LogP contribution in [-0.4, -0.2) is 29.6 Å². The number of ether oxygens (including phenoxy) is 1. The van der Waals surface area contributed by atoms with Crippen LogP contribution in [0.15, 0.2) is 63.7 Å². The van der Waals surface area contributed by atoms with Gasteiger partial charge in [-0.1, -0.05) is 50.3 Å². The number of esters is 1. The minimum absolute atomic E-state index is 0.0949. The highest BCUT2D eigenvalue weighted by Gasteiger charge is 2.20. The topological polar surface area (TPSA) is 66.3 Å². The van der Waals surface area contributed by atoms with E-state index in [0.717, 1.165) is 10.5 Å². The van der Waals surface area contributed by atoms with Gasteiger partial charge in [0.05, 0.1) is 4.91 Å². The van der Waals surface area contributed by atoms with Gasteiger partial charge in [-0.05, 0) is 23.9 Å². The van der Waals surface area contributed by atoms with E-state index in [9.17, 15) is 4.79 Å². The Kier molecular flexibility index (Phi) is 6.47. The standard InChI is InChI=1S/C20H24N4O2S/c1-20(2)10-11-21-19(22-15-20)17-13-24(23-27-17)12-6-9-18(25)26-14-16-7-4-3-5-8-16/h3-5,7-8,10-11,13,15,23H,6,9,12,14H2,1-2H3. The van der Waals surface area contributed by atoms with Gasteiger partial charge >= 0.3 is 5.97 Å². The molecule has 27 heavy (non-hydrogen) atoms. The predicted molar refractivity (Wildman–Crippen MR) is 110 cm³/mol. The largest absolute Gasteiger partial charge is 0.461 e. The van der Waals surface area contributed by atoms with Crippen molar-refractivity contribution in [1.82, 2.24) is 9.84 Å². The van der Waals surface area contributed by atoms with Gasteiger partial charge in [-0.15, -0.1) is 0 Å². The maximum absolute atomic E-state index is 11.9. The van der Waals surface area contributed by atoms with Crippen LogP contribution in [0, 0.1) is 5.41 Å². The number of benzene rings is 1. The number of carbonyl (C=O) groups is 1. The van der Waals surface area contributed by atoms with E-state index >= 15 is 0 Å². The van der Waals surface area contributed by atoms with Crippen molar-refractivity contribution in [1.29, 1.82) is 0 Å². The summed E-state index contributed by atoms with van der Waals surface area (Å²) < 4.78 is 5.30. The fourth-order valence-corrected chi connectivity index (χ4v) is 3.19. The number of hydrogen-bond acceptors (Lipinski definition) is 7. The molecule has 0 aliphatic carbocycles. The molecule has 0 amide bonds. The first-order chi connectivity index (χ1) is 13.0. The highest BCUT2D eigenvalue weighted by molar-refractivity contribution is 8.02. The maximum atomic E-state index is 11.9. The van der Waals surface area contributed by atoms with Crippen LogP contribution in [0.2, 0.25) is 0 Å². The van der Waals surface area contributed by atoms with Crippen LogP contribution in [0.4, 0.5) is 0 Å². The predicted octanol–water partition coefficient (Wildman–Crippen LogP) is 3.84. The molecule has 0 aromatic heterocycles. The van der Waals surface area contributed by atoms with Crippen LogP contribution in [-0.2, 0) is 16.1 Å². The molecule has 142 valence electrons. The fourth-order valence-electron chi connectivity index (χ4n) is 2.45. The first-order valence-electron chi connectivity index (χ1n) is 8.93. The molecule has 0 fully saturated rings. The van der Waals surface area contributed by atoms with Gasteiger partial charge in [-0.25, -0.2) is 9.98 Å². The summed E-state index contributed by atoms with van der Waals surface area (Å²) in [6, 6.07) is 9.70. The maximum Gasteiger partial charge on any atom is 0.306 e. The van der Waals surface area contributed by atoms with Crippen molar-refractivity contribution in [3.8, 4) is 0 Å². The van der Waals surface area contributed by atoms with Gasteiger partial charge in [0.1, 0.15) is 6.61 Å². The molecule has 0 saturated heterocycles. The van der Waals surface area contributed by atoms with E-state index in [-0.39, 0.29) is 11.4 Å². The van der Waals surface area contributed by atoms with Gasteiger partial charge in [-0.2, -0.15) is 4.83 Å². The Morgan fingerprint density at radius 1 is 1.30 bits per heavy atom. The third-order valence-electron chi connectivity index (χ3n) is 4.01. The van der Waals surface area contributed by atoms with Crippen LogP contribution < -0.4 is 4.83 Å². The van der Waals surface area contributed by atoms with E-state index in [1.54, 1.807) is 6.20 Å². The van der Waals surface area contributed by atoms with Gasteiger partial charge in [-0.3, -0.25) is 4.79 Å². The van der Waals surface area contributed by atoms with E-state index in [4.69, 9.17) is 4.74 Å². The average Bonchev–Trinajstić information content (AvgIpc) is 3.04. The second-order valence-corrected chi connectivity index (χ2v) is 7.80. The highest BCUT2D eigenvalue weighted by atomic mass is 32.2. The molecule has 1 N–H and O–H groups in total. The average molecular weight is 385 g/mol. The number of allylic oxidation sites excluding steroid dienone is 1. The monoisotopic (exact) mass is 384 g/mol. The van der Waals surface area contributed by atoms with Crippen molar-refractivity contribution >= 4 is 30.0 Å². The lowest BCUT2D eigenvalue weighted by molar-refractivity contribution is -0.145. The first-order valence-corrected chi connectivity index (χ1v) is 9.75. The molecule has 0 spiro atoms. The molecule has 2 aliphatic rings. The summed E-state index contributed by atoms with van der Waals surface area (Å²) >= 11 is 1.48. The Balaban J connectivity index is 1.41. The van der Waals surface area contributed by atoms with E-state index in [2.05, 4.69) is 28.7 Å². The number of hydrogen-bond donors (Lipinski definition) is 1. The third-order valence-corrected chi connectivity index (χ3v) is 4.84. The van der Waals surface area contributed by atoms with Crippen LogP contribution in [0.5, 0.6) is 0 Å². The molecule has 2 heterocycles.